The van der Waals surface area contributed by atoms with Gasteiger partial charge in [0.1, 0.15) is 0 Å². The molecule has 1 fully saturated rings. The van der Waals surface area contributed by atoms with Gasteiger partial charge in [-0.05, 0) is 11.8 Å². The highest BCUT2D eigenvalue weighted by Crippen LogP contribution is 2.28. The van der Waals surface area contributed by atoms with Crippen molar-refractivity contribution in [2.75, 3.05) is 18.8 Å². The Morgan fingerprint density at radius 2 is 1.81 bits per heavy atom. The van der Waals surface area contributed by atoms with Crippen molar-refractivity contribution < 1.29 is 8.42 Å². The van der Waals surface area contributed by atoms with Gasteiger partial charge in [-0.1, -0.05) is 34.1 Å². The number of hydrogen-bond acceptors (Lipinski definition) is 3. The molecule has 0 unspecified atom stereocenters. The zero-order chi connectivity index (χ0) is 12.6. The van der Waals surface area contributed by atoms with E-state index in [4.69, 9.17) is 5.73 Å². The highest BCUT2D eigenvalue weighted by Gasteiger charge is 2.45. The first kappa shape index (κ1) is 13.9. The van der Waals surface area contributed by atoms with Crippen LogP contribution in [-0.4, -0.2) is 37.1 Å². The maximum absolute atomic E-state index is 12.0. The van der Waals surface area contributed by atoms with Crippen LogP contribution in [0.5, 0.6) is 0 Å². The van der Waals surface area contributed by atoms with Gasteiger partial charge in [-0.3, -0.25) is 0 Å². The highest BCUT2D eigenvalue weighted by atomic mass is 32.2. The van der Waals surface area contributed by atoms with Crippen LogP contribution in [0, 0.1) is 5.41 Å². The predicted molar refractivity (Wildman–Crippen MR) is 66.6 cm³/mol. The fraction of sp³-hybridized carbons (Fsp3) is 1.00. The minimum absolute atomic E-state index is 0.197. The Labute approximate surface area is 99.2 Å². The van der Waals surface area contributed by atoms with E-state index in [1.165, 1.54) is 4.31 Å². The third-order valence-electron chi connectivity index (χ3n) is 2.74. The van der Waals surface area contributed by atoms with E-state index < -0.39 is 10.0 Å². The lowest BCUT2D eigenvalue weighted by Gasteiger charge is -2.47. The molecule has 0 radical (unpaired) electrons. The van der Waals surface area contributed by atoms with Gasteiger partial charge in [-0.15, -0.1) is 0 Å². The van der Waals surface area contributed by atoms with Crippen LogP contribution in [0.2, 0.25) is 0 Å². The summed E-state index contributed by atoms with van der Waals surface area (Å²) < 4.78 is 25.5. The molecule has 4 nitrogen and oxygen atoms in total. The summed E-state index contributed by atoms with van der Waals surface area (Å²) >= 11 is 0. The lowest BCUT2D eigenvalue weighted by atomic mass is 9.89. The zero-order valence-corrected chi connectivity index (χ0v) is 11.6. The molecule has 5 heteroatoms. The van der Waals surface area contributed by atoms with Crippen LogP contribution in [0.15, 0.2) is 0 Å². The number of rotatable bonds is 4. The van der Waals surface area contributed by atoms with Gasteiger partial charge in [0.15, 0.2) is 0 Å². The monoisotopic (exact) mass is 248 g/mol. The number of sulfonamides is 1. The van der Waals surface area contributed by atoms with Crippen molar-refractivity contribution in [3.8, 4) is 0 Å². The van der Waals surface area contributed by atoms with Gasteiger partial charge >= 0.3 is 0 Å². The first-order valence-electron chi connectivity index (χ1n) is 5.85. The van der Waals surface area contributed by atoms with Crippen LogP contribution in [0.4, 0.5) is 0 Å². The van der Waals surface area contributed by atoms with Gasteiger partial charge in [0.25, 0.3) is 0 Å². The molecule has 1 heterocycles. The largest absolute Gasteiger partial charge is 0.323 e. The van der Waals surface area contributed by atoms with Crippen LogP contribution in [0.25, 0.3) is 0 Å². The van der Waals surface area contributed by atoms with E-state index in [2.05, 4.69) is 6.92 Å². The molecule has 0 amide bonds. The Kier molecular flexibility index (Phi) is 3.72. The third kappa shape index (κ3) is 3.43. The molecule has 0 aromatic rings. The summed E-state index contributed by atoms with van der Waals surface area (Å²) in [6.07, 6.45) is 1.90. The van der Waals surface area contributed by atoms with Crippen molar-refractivity contribution in [1.82, 2.24) is 4.31 Å². The van der Waals surface area contributed by atoms with E-state index in [-0.39, 0.29) is 16.7 Å². The van der Waals surface area contributed by atoms with Gasteiger partial charge in [0.2, 0.25) is 10.0 Å². The molecule has 0 bridgehead atoms. The number of nitrogens with two attached hydrogens (primary N) is 1. The second-order valence-electron chi connectivity index (χ2n) is 6.20. The minimum Gasteiger partial charge on any atom is -0.323 e. The van der Waals surface area contributed by atoms with E-state index in [1.807, 2.05) is 20.8 Å². The summed E-state index contributed by atoms with van der Waals surface area (Å²) in [6.45, 7) is 8.85. The van der Waals surface area contributed by atoms with Crippen molar-refractivity contribution in [3.05, 3.63) is 0 Å². The summed E-state index contributed by atoms with van der Waals surface area (Å²) in [5, 5.41) is 0. The molecule has 1 aliphatic heterocycles. The minimum atomic E-state index is -3.12. The van der Waals surface area contributed by atoms with Gasteiger partial charge < -0.3 is 5.73 Å². The van der Waals surface area contributed by atoms with E-state index in [9.17, 15) is 8.42 Å². The van der Waals surface area contributed by atoms with Crippen molar-refractivity contribution in [2.24, 2.45) is 11.1 Å². The smallest absolute Gasteiger partial charge is 0.214 e. The second kappa shape index (κ2) is 4.27. The molecular weight excluding hydrogens is 224 g/mol. The van der Waals surface area contributed by atoms with Crippen LogP contribution in [0.1, 0.15) is 40.5 Å². The maximum atomic E-state index is 12.0. The molecular formula is C11H24N2O2S. The number of nitrogens with zero attached hydrogens (tertiary/aromatic N) is 1. The average molecular weight is 248 g/mol. The molecule has 0 aromatic heterocycles. The predicted octanol–water partition coefficient (Wildman–Crippen LogP) is 1.18. The van der Waals surface area contributed by atoms with Crippen LogP contribution >= 0.6 is 0 Å². The van der Waals surface area contributed by atoms with E-state index in [0.717, 1.165) is 12.8 Å². The fourth-order valence-electron chi connectivity index (χ4n) is 2.15. The Bertz CT molecular complexity index is 337. The number of hydrogen-bond donors (Lipinski definition) is 1. The second-order valence-corrected chi connectivity index (χ2v) is 8.17. The molecule has 1 aliphatic rings. The summed E-state index contributed by atoms with van der Waals surface area (Å²) in [5.41, 5.74) is 5.58. The lowest BCUT2D eigenvalue weighted by molar-refractivity contribution is 0.145. The van der Waals surface area contributed by atoms with Crippen LogP contribution in [0.3, 0.4) is 0 Å². The van der Waals surface area contributed by atoms with E-state index >= 15 is 0 Å². The van der Waals surface area contributed by atoms with Gasteiger partial charge in [0.05, 0.1) is 5.75 Å². The first-order chi connectivity index (χ1) is 7.08. The topological polar surface area (TPSA) is 63.4 Å². The van der Waals surface area contributed by atoms with Crippen molar-refractivity contribution in [2.45, 2.75) is 46.1 Å². The highest BCUT2D eigenvalue weighted by molar-refractivity contribution is 7.89. The van der Waals surface area contributed by atoms with Crippen LogP contribution in [-0.2, 0) is 10.0 Å². The molecule has 0 aromatic carbocycles. The molecule has 0 atom stereocenters. The van der Waals surface area contributed by atoms with E-state index in [0.29, 0.717) is 13.1 Å². The fourth-order valence-corrected chi connectivity index (χ4v) is 4.33. The van der Waals surface area contributed by atoms with Crippen molar-refractivity contribution >= 4 is 10.0 Å². The summed E-state index contributed by atoms with van der Waals surface area (Å²) in [6, 6.07) is 0. The SMILES string of the molecule is CCCC1(N)CN(S(=O)(=O)CC(C)(C)C)C1. The molecule has 1 rings (SSSR count). The zero-order valence-electron chi connectivity index (χ0n) is 10.8. The average Bonchev–Trinajstić information content (AvgIpc) is 1.95. The maximum Gasteiger partial charge on any atom is 0.214 e. The standard InChI is InChI=1S/C11H24N2O2S/c1-5-6-11(12)7-13(8-11)16(14,15)9-10(2,3)4/h5-9,12H2,1-4H3. The van der Waals surface area contributed by atoms with Crippen LogP contribution < -0.4 is 5.73 Å². The lowest BCUT2D eigenvalue weighted by Crippen LogP contribution is -2.68. The Balaban J connectivity index is 2.57. The molecule has 0 saturated carbocycles. The Morgan fingerprint density at radius 1 is 1.31 bits per heavy atom. The normalized spacial score (nSPS) is 21.8. The summed E-state index contributed by atoms with van der Waals surface area (Å²) in [7, 11) is -3.12. The Morgan fingerprint density at radius 3 is 2.19 bits per heavy atom. The van der Waals surface area contributed by atoms with Gasteiger partial charge in [-0.2, -0.15) is 4.31 Å². The first-order valence-corrected chi connectivity index (χ1v) is 7.46. The Hall–Kier alpha value is -0.130. The quantitative estimate of drug-likeness (QED) is 0.812. The van der Waals surface area contributed by atoms with Crippen molar-refractivity contribution in [1.29, 1.82) is 0 Å². The summed E-state index contributed by atoms with van der Waals surface area (Å²) in [5.74, 6) is 0.197. The van der Waals surface area contributed by atoms with Gasteiger partial charge in [-0.25, -0.2) is 8.42 Å². The molecule has 0 aliphatic carbocycles. The molecule has 0 spiro atoms. The summed E-state index contributed by atoms with van der Waals surface area (Å²) in [4.78, 5) is 0. The molecule has 1 saturated heterocycles. The van der Waals surface area contributed by atoms with Gasteiger partial charge in [0, 0.05) is 18.6 Å². The molecule has 2 N–H and O–H groups in total. The third-order valence-corrected chi connectivity index (χ3v) is 5.02. The molecule has 16 heavy (non-hydrogen) atoms. The van der Waals surface area contributed by atoms with E-state index in [1.54, 1.807) is 0 Å². The van der Waals surface area contributed by atoms with Crippen molar-refractivity contribution in [3.63, 3.8) is 0 Å². The molecule has 96 valence electrons.